The second-order valence-electron chi connectivity index (χ2n) is 4.52. The quantitative estimate of drug-likeness (QED) is 0.684. The van der Waals surface area contributed by atoms with Gasteiger partial charge in [0.25, 0.3) is 5.91 Å². The first-order valence-electron chi connectivity index (χ1n) is 6.03. The molecule has 18 heavy (non-hydrogen) atoms. The van der Waals surface area contributed by atoms with Crippen molar-refractivity contribution in [2.45, 2.75) is 39.2 Å². The number of carboxylic acid groups (broad SMARTS) is 1. The molecule has 0 aliphatic heterocycles. The van der Waals surface area contributed by atoms with Gasteiger partial charge in [0.15, 0.2) is 0 Å². The number of carboxylic acids is 1. The van der Waals surface area contributed by atoms with E-state index in [1.54, 1.807) is 13.0 Å². The van der Waals surface area contributed by atoms with Crippen molar-refractivity contribution in [3.8, 4) is 0 Å². The summed E-state index contributed by atoms with van der Waals surface area (Å²) in [6, 6.07) is 1.62. The average Bonchev–Trinajstić information content (AvgIpc) is 2.81. The third kappa shape index (κ3) is 4.57. The van der Waals surface area contributed by atoms with Gasteiger partial charge in [-0.15, -0.1) is 0 Å². The summed E-state index contributed by atoms with van der Waals surface area (Å²) >= 11 is 0. The topological polar surface area (TPSA) is 95.1 Å². The number of nitrogens with one attached hydrogen (secondary N) is 2. The molecule has 1 heterocycles. The zero-order valence-electron chi connectivity index (χ0n) is 10.6. The van der Waals surface area contributed by atoms with Crippen LogP contribution in [0.2, 0.25) is 0 Å². The summed E-state index contributed by atoms with van der Waals surface area (Å²) in [5.41, 5.74) is 0.431. The predicted molar refractivity (Wildman–Crippen MR) is 66.2 cm³/mol. The maximum atomic E-state index is 11.6. The number of H-pyrrole nitrogens is 1. The minimum atomic E-state index is -0.774. The predicted octanol–water partition coefficient (Wildman–Crippen LogP) is 1.42. The summed E-state index contributed by atoms with van der Waals surface area (Å²) in [7, 11) is 0. The first-order valence-corrected chi connectivity index (χ1v) is 6.03. The molecule has 6 heteroatoms. The van der Waals surface area contributed by atoms with E-state index >= 15 is 0 Å². The van der Waals surface area contributed by atoms with Crippen molar-refractivity contribution in [2.75, 3.05) is 0 Å². The van der Waals surface area contributed by atoms with Crippen LogP contribution < -0.4 is 5.32 Å². The molecule has 3 N–H and O–H groups in total. The SMILES string of the molecule is CC(CCCC(C)C(=O)O)NC(=O)c1ccn[nH]1. The van der Waals surface area contributed by atoms with Crippen LogP contribution in [0.1, 0.15) is 43.6 Å². The number of hydrogen-bond donors (Lipinski definition) is 3. The monoisotopic (exact) mass is 253 g/mol. The van der Waals surface area contributed by atoms with Crippen LogP contribution in [0, 0.1) is 5.92 Å². The molecule has 2 unspecified atom stereocenters. The Hall–Kier alpha value is -1.85. The van der Waals surface area contributed by atoms with Crippen LogP contribution in [0.3, 0.4) is 0 Å². The van der Waals surface area contributed by atoms with Crippen molar-refractivity contribution in [2.24, 2.45) is 5.92 Å². The van der Waals surface area contributed by atoms with E-state index in [-0.39, 0.29) is 17.9 Å². The fraction of sp³-hybridized carbons (Fsp3) is 0.583. The highest BCUT2D eigenvalue weighted by Gasteiger charge is 2.13. The number of aromatic nitrogens is 2. The van der Waals surface area contributed by atoms with Crippen molar-refractivity contribution in [1.29, 1.82) is 0 Å². The maximum absolute atomic E-state index is 11.6. The molecule has 0 aliphatic carbocycles. The van der Waals surface area contributed by atoms with Gasteiger partial charge in [0.2, 0.25) is 0 Å². The van der Waals surface area contributed by atoms with Gasteiger partial charge in [0.05, 0.1) is 5.92 Å². The lowest BCUT2D eigenvalue weighted by atomic mass is 10.0. The molecule has 0 saturated carbocycles. The van der Waals surface area contributed by atoms with Crippen LogP contribution in [-0.4, -0.2) is 33.2 Å². The zero-order valence-corrected chi connectivity index (χ0v) is 10.6. The van der Waals surface area contributed by atoms with Gasteiger partial charge in [0, 0.05) is 12.2 Å². The van der Waals surface area contributed by atoms with Crippen LogP contribution in [-0.2, 0) is 4.79 Å². The second kappa shape index (κ2) is 6.78. The molecule has 0 spiro atoms. The number of rotatable bonds is 7. The van der Waals surface area contributed by atoms with E-state index < -0.39 is 5.97 Å². The van der Waals surface area contributed by atoms with Gasteiger partial charge in [-0.25, -0.2) is 0 Å². The Bertz CT molecular complexity index is 389. The molecular formula is C12H19N3O3. The molecule has 1 aromatic heterocycles. The number of carbonyl (C=O) groups is 2. The molecule has 0 radical (unpaired) electrons. The van der Waals surface area contributed by atoms with Crippen LogP contribution in [0.15, 0.2) is 12.3 Å². The highest BCUT2D eigenvalue weighted by atomic mass is 16.4. The van der Waals surface area contributed by atoms with E-state index in [0.29, 0.717) is 12.1 Å². The molecule has 0 aliphatic rings. The van der Waals surface area contributed by atoms with Crippen molar-refractivity contribution in [3.05, 3.63) is 18.0 Å². The van der Waals surface area contributed by atoms with E-state index in [9.17, 15) is 9.59 Å². The summed E-state index contributed by atoms with van der Waals surface area (Å²) in [5.74, 6) is -1.30. The molecule has 0 saturated heterocycles. The Balaban J connectivity index is 2.24. The van der Waals surface area contributed by atoms with E-state index in [1.807, 2.05) is 6.92 Å². The Labute approximate surface area is 106 Å². The molecular weight excluding hydrogens is 234 g/mol. The zero-order chi connectivity index (χ0) is 13.5. The van der Waals surface area contributed by atoms with Crippen molar-refractivity contribution in [3.63, 3.8) is 0 Å². The summed E-state index contributed by atoms with van der Waals surface area (Å²) in [6.07, 6.45) is 3.68. The Kier molecular flexibility index (Phi) is 5.35. The molecule has 1 rings (SSSR count). The van der Waals surface area contributed by atoms with Crippen molar-refractivity contribution < 1.29 is 14.7 Å². The summed E-state index contributed by atoms with van der Waals surface area (Å²) in [6.45, 7) is 3.59. The van der Waals surface area contributed by atoms with Crippen molar-refractivity contribution in [1.82, 2.24) is 15.5 Å². The largest absolute Gasteiger partial charge is 0.481 e. The van der Waals surface area contributed by atoms with Crippen molar-refractivity contribution >= 4 is 11.9 Å². The Morgan fingerprint density at radius 2 is 2.17 bits per heavy atom. The molecule has 2 atom stereocenters. The van der Waals surface area contributed by atoms with E-state index in [0.717, 1.165) is 12.8 Å². The smallest absolute Gasteiger partial charge is 0.306 e. The third-order valence-corrected chi connectivity index (χ3v) is 2.82. The molecule has 1 amide bonds. The summed E-state index contributed by atoms with van der Waals surface area (Å²) in [4.78, 5) is 22.3. The van der Waals surface area contributed by atoms with Gasteiger partial charge in [-0.2, -0.15) is 5.10 Å². The number of amides is 1. The van der Waals surface area contributed by atoms with E-state index in [4.69, 9.17) is 5.11 Å². The number of hydrogen-bond acceptors (Lipinski definition) is 3. The number of carbonyl (C=O) groups excluding carboxylic acids is 1. The van der Waals surface area contributed by atoms with Gasteiger partial charge < -0.3 is 10.4 Å². The van der Waals surface area contributed by atoms with E-state index in [1.165, 1.54) is 6.20 Å². The normalized spacial score (nSPS) is 13.9. The third-order valence-electron chi connectivity index (χ3n) is 2.82. The van der Waals surface area contributed by atoms with Gasteiger partial charge in [-0.05, 0) is 25.8 Å². The molecule has 100 valence electrons. The first-order chi connectivity index (χ1) is 8.50. The van der Waals surface area contributed by atoms with E-state index in [2.05, 4.69) is 15.5 Å². The standard InChI is InChI=1S/C12H19N3O3/c1-8(12(17)18)4-3-5-9(2)14-11(16)10-6-7-13-15-10/h6-9H,3-5H2,1-2H3,(H,13,15)(H,14,16)(H,17,18). The minimum absolute atomic E-state index is 0.0156. The highest BCUT2D eigenvalue weighted by Crippen LogP contribution is 2.09. The molecule has 1 aromatic rings. The lowest BCUT2D eigenvalue weighted by Crippen LogP contribution is -2.32. The lowest BCUT2D eigenvalue weighted by molar-refractivity contribution is -0.141. The maximum Gasteiger partial charge on any atom is 0.306 e. The van der Waals surface area contributed by atoms with Crippen LogP contribution >= 0.6 is 0 Å². The Morgan fingerprint density at radius 1 is 1.44 bits per heavy atom. The van der Waals surface area contributed by atoms with Gasteiger partial charge in [-0.3, -0.25) is 14.7 Å². The van der Waals surface area contributed by atoms with Crippen LogP contribution in [0.5, 0.6) is 0 Å². The molecule has 6 nitrogen and oxygen atoms in total. The number of nitrogens with zero attached hydrogens (tertiary/aromatic N) is 1. The lowest BCUT2D eigenvalue weighted by Gasteiger charge is -2.13. The van der Waals surface area contributed by atoms with Crippen LogP contribution in [0.4, 0.5) is 0 Å². The summed E-state index contributed by atoms with van der Waals surface area (Å²) in [5, 5.41) is 17.9. The number of aliphatic carboxylic acids is 1. The highest BCUT2D eigenvalue weighted by molar-refractivity contribution is 5.92. The van der Waals surface area contributed by atoms with Gasteiger partial charge in [-0.1, -0.05) is 13.3 Å². The first kappa shape index (κ1) is 14.2. The van der Waals surface area contributed by atoms with Crippen LogP contribution in [0.25, 0.3) is 0 Å². The molecule has 0 bridgehead atoms. The minimum Gasteiger partial charge on any atom is -0.481 e. The molecule has 0 aromatic carbocycles. The van der Waals surface area contributed by atoms with Gasteiger partial charge in [0.1, 0.15) is 5.69 Å². The average molecular weight is 253 g/mol. The van der Waals surface area contributed by atoms with Gasteiger partial charge >= 0.3 is 5.97 Å². The number of aromatic amines is 1. The molecule has 0 fully saturated rings. The fourth-order valence-electron chi connectivity index (χ4n) is 1.61. The fourth-order valence-corrected chi connectivity index (χ4v) is 1.61. The summed E-state index contributed by atoms with van der Waals surface area (Å²) < 4.78 is 0. The second-order valence-corrected chi connectivity index (χ2v) is 4.52. The Morgan fingerprint density at radius 3 is 2.72 bits per heavy atom.